The average molecular weight is 571 g/mol. The van der Waals surface area contributed by atoms with Crippen molar-refractivity contribution in [1.82, 2.24) is 14.9 Å². The largest absolute Gasteiger partial charge is 0.618 e. The summed E-state index contributed by atoms with van der Waals surface area (Å²) in [7, 11) is 0. The van der Waals surface area contributed by atoms with Crippen LogP contribution in [0.1, 0.15) is 42.4 Å². The monoisotopic (exact) mass is 570 g/mol. The standard InChI is InChI=1S/C32H35ClN6O2/c1-23-34-20-30-31(36-26-7-5-10-29(19-26)41-28-9-4-6-25(33)18-28)13-17-38(32(30)35-23)21-24-11-15-37(16-12-24)22-27-8-2-3-14-39(27)40/h2-10,14,18-20,24,31,36H,11-13,15-17,21-22H2,1H3. The predicted molar refractivity (Wildman–Crippen MR) is 161 cm³/mol. The minimum Gasteiger partial charge on any atom is -0.618 e. The number of ether oxygens (including phenoxy) is 1. The van der Waals surface area contributed by atoms with Gasteiger partial charge in [-0.1, -0.05) is 23.7 Å². The van der Waals surface area contributed by atoms with Crippen molar-refractivity contribution in [2.24, 2.45) is 5.92 Å². The summed E-state index contributed by atoms with van der Waals surface area (Å²) in [4.78, 5) is 14.3. The Kier molecular flexibility index (Phi) is 8.21. The SMILES string of the molecule is Cc1ncc2c(n1)N(CC1CCN(Cc3cccc[n+]3[O-])CC1)CCC2Nc1cccc(Oc2cccc(Cl)c2)c1. The molecule has 41 heavy (non-hydrogen) atoms. The second kappa shape index (κ2) is 12.3. The summed E-state index contributed by atoms with van der Waals surface area (Å²) >= 11 is 6.12. The summed E-state index contributed by atoms with van der Waals surface area (Å²) in [6.07, 6.45) is 6.74. The highest BCUT2D eigenvalue weighted by Gasteiger charge is 2.30. The molecule has 0 saturated carbocycles. The first-order valence-electron chi connectivity index (χ1n) is 14.3. The number of fused-ring (bicyclic) bond motifs is 1. The van der Waals surface area contributed by atoms with E-state index in [0.717, 1.165) is 84.5 Å². The number of hydrogen-bond acceptors (Lipinski definition) is 7. The van der Waals surface area contributed by atoms with Crippen molar-refractivity contribution in [1.29, 1.82) is 0 Å². The Morgan fingerprint density at radius 3 is 2.61 bits per heavy atom. The van der Waals surface area contributed by atoms with Crippen LogP contribution in [0.3, 0.4) is 0 Å². The minimum absolute atomic E-state index is 0.106. The minimum atomic E-state index is 0.106. The maximum absolute atomic E-state index is 12.1. The molecule has 9 heteroatoms. The lowest BCUT2D eigenvalue weighted by molar-refractivity contribution is -0.615. The van der Waals surface area contributed by atoms with E-state index in [1.165, 1.54) is 0 Å². The van der Waals surface area contributed by atoms with Gasteiger partial charge in [0.15, 0.2) is 6.20 Å². The maximum Gasteiger partial charge on any atom is 0.206 e. The Morgan fingerprint density at radius 2 is 1.80 bits per heavy atom. The predicted octanol–water partition coefficient (Wildman–Crippen LogP) is 6.14. The number of pyridine rings is 1. The van der Waals surface area contributed by atoms with Gasteiger partial charge < -0.3 is 20.2 Å². The number of halogens is 1. The van der Waals surface area contributed by atoms with Gasteiger partial charge in [-0.2, -0.15) is 4.73 Å². The van der Waals surface area contributed by atoms with E-state index in [0.29, 0.717) is 23.2 Å². The van der Waals surface area contributed by atoms with E-state index in [-0.39, 0.29) is 6.04 Å². The lowest BCUT2D eigenvalue weighted by atomic mass is 9.93. The summed E-state index contributed by atoms with van der Waals surface area (Å²) in [6.45, 7) is 6.58. The lowest BCUT2D eigenvalue weighted by Crippen LogP contribution is -2.43. The third-order valence-electron chi connectivity index (χ3n) is 7.96. The zero-order valence-electron chi connectivity index (χ0n) is 23.2. The number of hydrogen-bond donors (Lipinski definition) is 1. The second-order valence-electron chi connectivity index (χ2n) is 11.0. The summed E-state index contributed by atoms with van der Waals surface area (Å²) in [5, 5.41) is 16.4. The van der Waals surface area contributed by atoms with Crippen molar-refractivity contribution < 1.29 is 9.47 Å². The normalized spacial score (nSPS) is 17.7. The van der Waals surface area contributed by atoms with E-state index in [2.05, 4.69) is 26.2 Å². The molecule has 0 amide bonds. The fourth-order valence-electron chi connectivity index (χ4n) is 5.81. The summed E-state index contributed by atoms with van der Waals surface area (Å²) < 4.78 is 7.02. The molecular weight excluding hydrogens is 536 g/mol. The number of aromatic nitrogens is 3. The molecule has 4 aromatic rings. The smallest absolute Gasteiger partial charge is 0.206 e. The zero-order valence-corrected chi connectivity index (χ0v) is 24.0. The molecule has 6 rings (SSSR count). The molecular formula is C32H35ClN6O2. The molecule has 1 saturated heterocycles. The highest BCUT2D eigenvalue weighted by molar-refractivity contribution is 6.30. The van der Waals surface area contributed by atoms with Crippen molar-refractivity contribution in [3.05, 3.63) is 106 Å². The molecule has 8 nitrogen and oxygen atoms in total. The highest BCUT2D eigenvalue weighted by atomic mass is 35.5. The van der Waals surface area contributed by atoms with Gasteiger partial charge in [-0.3, -0.25) is 4.90 Å². The van der Waals surface area contributed by atoms with E-state index >= 15 is 0 Å². The van der Waals surface area contributed by atoms with Gasteiger partial charge in [0.1, 0.15) is 23.1 Å². The average Bonchev–Trinajstić information content (AvgIpc) is 2.97. The number of aryl methyl sites for hydroxylation is 1. The Labute approximate surface area is 246 Å². The molecule has 2 aliphatic rings. The molecule has 1 fully saturated rings. The highest BCUT2D eigenvalue weighted by Crippen LogP contribution is 2.36. The van der Waals surface area contributed by atoms with Crippen molar-refractivity contribution in [2.75, 3.05) is 36.4 Å². The Balaban J connectivity index is 1.10. The van der Waals surface area contributed by atoms with Crippen LogP contribution in [0, 0.1) is 18.0 Å². The number of rotatable bonds is 8. The van der Waals surface area contributed by atoms with Gasteiger partial charge in [-0.25, -0.2) is 9.97 Å². The van der Waals surface area contributed by atoms with E-state index in [1.54, 1.807) is 12.3 Å². The van der Waals surface area contributed by atoms with Gasteiger partial charge in [0.2, 0.25) is 5.69 Å². The van der Waals surface area contributed by atoms with E-state index in [4.69, 9.17) is 21.3 Å². The van der Waals surface area contributed by atoms with Gasteiger partial charge >= 0.3 is 0 Å². The van der Waals surface area contributed by atoms with Crippen LogP contribution < -0.4 is 19.7 Å². The van der Waals surface area contributed by atoms with Crippen LogP contribution in [-0.4, -0.2) is 41.0 Å². The number of nitrogens with zero attached hydrogens (tertiary/aromatic N) is 5. The molecule has 1 atom stereocenters. The third-order valence-corrected chi connectivity index (χ3v) is 8.20. The van der Waals surface area contributed by atoms with Crippen LogP contribution in [-0.2, 0) is 6.54 Å². The fraction of sp³-hybridized carbons (Fsp3) is 0.344. The van der Waals surface area contributed by atoms with Gasteiger partial charge in [-0.05, 0) is 81.6 Å². The van der Waals surface area contributed by atoms with Crippen LogP contribution in [0.5, 0.6) is 11.5 Å². The molecule has 1 N–H and O–H groups in total. The van der Waals surface area contributed by atoms with Gasteiger partial charge in [0.05, 0.1) is 12.6 Å². The van der Waals surface area contributed by atoms with Crippen LogP contribution >= 0.6 is 11.6 Å². The maximum atomic E-state index is 12.1. The first-order chi connectivity index (χ1) is 20.0. The van der Waals surface area contributed by atoms with Crippen molar-refractivity contribution in [3.8, 4) is 11.5 Å². The molecule has 212 valence electrons. The number of piperidine rings is 1. The topological polar surface area (TPSA) is 80.5 Å². The summed E-state index contributed by atoms with van der Waals surface area (Å²) in [6, 6.07) is 21.1. The Hall–Kier alpha value is -3.88. The van der Waals surface area contributed by atoms with Crippen LogP contribution in [0.15, 0.2) is 79.1 Å². The third kappa shape index (κ3) is 6.72. The number of benzene rings is 2. The summed E-state index contributed by atoms with van der Waals surface area (Å²) in [5.74, 6) is 3.87. The van der Waals surface area contributed by atoms with E-state index in [1.807, 2.05) is 67.7 Å². The lowest BCUT2D eigenvalue weighted by Gasteiger charge is -2.39. The molecule has 1 unspecified atom stereocenters. The van der Waals surface area contributed by atoms with E-state index in [9.17, 15) is 5.21 Å². The number of anilines is 2. The summed E-state index contributed by atoms with van der Waals surface area (Å²) in [5.41, 5.74) is 2.92. The Morgan fingerprint density at radius 1 is 1.00 bits per heavy atom. The van der Waals surface area contributed by atoms with Gasteiger partial charge in [0.25, 0.3) is 0 Å². The molecule has 0 bridgehead atoms. The quantitative estimate of drug-likeness (QED) is 0.201. The molecule has 4 heterocycles. The second-order valence-corrected chi connectivity index (χ2v) is 11.4. The van der Waals surface area contributed by atoms with Gasteiger partial charge in [0, 0.05) is 53.8 Å². The number of likely N-dealkylation sites (tertiary alicyclic amines) is 1. The van der Waals surface area contributed by atoms with Crippen molar-refractivity contribution in [3.63, 3.8) is 0 Å². The molecule has 2 aromatic carbocycles. The van der Waals surface area contributed by atoms with Crippen molar-refractivity contribution in [2.45, 2.75) is 38.8 Å². The molecule has 2 aromatic heterocycles. The first kappa shape index (κ1) is 27.3. The van der Waals surface area contributed by atoms with Crippen LogP contribution in [0.2, 0.25) is 5.02 Å². The Bertz CT molecular complexity index is 1490. The van der Waals surface area contributed by atoms with Crippen molar-refractivity contribution >= 4 is 23.1 Å². The first-order valence-corrected chi connectivity index (χ1v) is 14.7. The van der Waals surface area contributed by atoms with Gasteiger partial charge in [-0.15, -0.1) is 0 Å². The zero-order chi connectivity index (χ0) is 28.2. The molecule has 2 aliphatic heterocycles. The number of nitrogens with one attached hydrogen (secondary N) is 1. The van der Waals surface area contributed by atoms with Crippen LogP contribution in [0.25, 0.3) is 0 Å². The van der Waals surface area contributed by atoms with E-state index < -0.39 is 0 Å². The van der Waals surface area contributed by atoms with Crippen LogP contribution in [0.4, 0.5) is 11.5 Å². The fourth-order valence-corrected chi connectivity index (χ4v) is 5.99. The molecule has 0 radical (unpaired) electrons. The molecule has 0 aliphatic carbocycles. The molecule has 0 spiro atoms.